The predicted molar refractivity (Wildman–Crippen MR) is 147 cm³/mol. The second kappa shape index (κ2) is 10.9. The standard InChI is InChI=1S/C27H24ClN5O9/c28-14-41-26(38)30(18-12-32-21(34)9-6-15-3-1-5-17(18)23(15)32)10-2-4-16-11-31(27(39)42-16)20-8-7-19-24(29-20)33(25(36)37)22(35)13-40-19/h1,3,5-9,16,18H,2,4,10-14H2,(H,36,37)/t16-,18+/m0/s1. The van der Waals surface area contributed by atoms with Crippen molar-refractivity contribution in [1.82, 2.24) is 14.5 Å². The Bertz CT molecular complexity index is 1680. The van der Waals surface area contributed by atoms with Crippen LogP contribution < -0.4 is 20.1 Å². The number of para-hydroxylation sites is 1. The first kappa shape index (κ1) is 27.3. The number of anilines is 2. The Morgan fingerprint density at radius 3 is 2.74 bits per heavy atom. The molecule has 218 valence electrons. The van der Waals surface area contributed by atoms with Gasteiger partial charge in [0.25, 0.3) is 11.5 Å². The minimum atomic E-state index is -1.51. The van der Waals surface area contributed by atoms with Gasteiger partial charge in [-0.1, -0.05) is 29.8 Å². The molecule has 3 aliphatic rings. The van der Waals surface area contributed by atoms with Crippen molar-refractivity contribution in [2.45, 2.75) is 31.5 Å². The van der Waals surface area contributed by atoms with Crippen LogP contribution in [0.5, 0.6) is 5.75 Å². The second-order valence-corrected chi connectivity index (χ2v) is 10.1. The van der Waals surface area contributed by atoms with E-state index in [2.05, 4.69) is 4.98 Å². The molecule has 3 aliphatic heterocycles. The van der Waals surface area contributed by atoms with Crippen LogP contribution in [0.15, 0.2) is 47.3 Å². The molecule has 1 fully saturated rings. The zero-order chi connectivity index (χ0) is 29.5. The van der Waals surface area contributed by atoms with Crippen LogP contribution in [0.1, 0.15) is 24.4 Å². The maximum absolute atomic E-state index is 13.0. The summed E-state index contributed by atoms with van der Waals surface area (Å²) in [5.41, 5.74) is 1.43. The van der Waals surface area contributed by atoms with Crippen molar-refractivity contribution in [3.63, 3.8) is 0 Å². The minimum Gasteiger partial charge on any atom is -0.480 e. The molecule has 0 radical (unpaired) electrons. The van der Waals surface area contributed by atoms with E-state index in [4.69, 9.17) is 25.8 Å². The van der Waals surface area contributed by atoms with Gasteiger partial charge in [-0.15, -0.1) is 0 Å². The highest BCUT2D eigenvalue weighted by molar-refractivity contribution is 6.17. The quantitative estimate of drug-likeness (QED) is 0.400. The summed E-state index contributed by atoms with van der Waals surface area (Å²) >= 11 is 5.69. The lowest BCUT2D eigenvalue weighted by molar-refractivity contribution is -0.120. The van der Waals surface area contributed by atoms with Crippen LogP contribution in [0.25, 0.3) is 10.9 Å². The number of hydrogen-bond acceptors (Lipinski definition) is 9. The summed E-state index contributed by atoms with van der Waals surface area (Å²) in [5.74, 6) is -0.834. The molecular formula is C27H24ClN5O9. The average molecular weight is 598 g/mol. The molecule has 5 heterocycles. The van der Waals surface area contributed by atoms with Crippen molar-refractivity contribution >= 4 is 58.3 Å². The normalized spacial score (nSPS) is 19.0. The number of cyclic esters (lactones) is 1. The molecule has 0 bridgehead atoms. The van der Waals surface area contributed by atoms with E-state index < -0.39 is 42.9 Å². The number of carboxylic acid groups (broad SMARTS) is 1. The van der Waals surface area contributed by atoms with Crippen molar-refractivity contribution in [1.29, 1.82) is 0 Å². The fraction of sp³-hybridized carbons (Fsp3) is 0.333. The van der Waals surface area contributed by atoms with Gasteiger partial charge in [0.2, 0.25) is 0 Å². The first-order valence-electron chi connectivity index (χ1n) is 13.1. The van der Waals surface area contributed by atoms with Gasteiger partial charge < -0.3 is 23.9 Å². The first-order valence-corrected chi connectivity index (χ1v) is 13.6. The maximum Gasteiger partial charge on any atom is 0.420 e. The number of ether oxygens (including phenoxy) is 3. The Hall–Kier alpha value is -4.85. The number of halogens is 1. The summed E-state index contributed by atoms with van der Waals surface area (Å²) < 4.78 is 17.5. The molecule has 4 amide bonds. The van der Waals surface area contributed by atoms with Gasteiger partial charge in [0.05, 0.1) is 24.6 Å². The number of carbonyl (C=O) groups excluding carboxylic acids is 3. The van der Waals surface area contributed by atoms with Crippen LogP contribution in [0.2, 0.25) is 0 Å². The highest BCUT2D eigenvalue weighted by atomic mass is 35.5. The van der Waals surface area contributed by atoms with Gasteiger partial charge >= 0.3 is 18.3 Å². The summed E-state index contributed by atoms with van der Waals surface area (Å²) in [5, 5.41) is 10.3. The lowest BCUT2D eigenvalue weighted by atomic mass is 10.0. The van der Waals surface area contributed by atoms with Gasteiger partial charge in [0, 0.05) is 18.2 Å². The molecule has 15 heteroatoms. The third kappa shape index (κ3) is 4.72. The number of benzene rings is 1. The number of hydrogen-bond donors (Lipinski definition) is 1. The molecule has 2 aromatic heterocycles. The second-order valence-electron chi connectivity index (χ2n) is 9.85. The molecular weight excluding hydrogens is 574 g/mol. The smallest absolute Gasteiger partial charge is 0.420 e. The molecule has 1 aromatic carbocycles. The van der Waals surface area contributed by atoms with Crippen molar-refractivity contribution in [2.75, 3.05) is 35.6 Å². The molecule has 2 atom stereocenters. The van der Waals surface area contributed by atoms with Crippen molar-refractivity contribution in [3.05, 3.63) is 58.4 Å². The molecule has 0 saturated carbocycles. The Kier molecular flexibility index (Phi) is 7.06. The van der Waals surface area contributed by atoms with Gasteiger partial charge in [-0.25, -0.2) is 19.4 Å². The molecule has 14 nitrogen and oxygen atoms in total. The molecule has 42 heavy (non-hydrogen) atoms. The number of aromatic nitrogens is 2. The molecule has 0 spiro atoms. The van der Waals surface area contributed by atoms with E-state index in [9.17, 15) is 29.1 Å². The van der Waals surface area contributed by atoms with Crippen LogP contribution in [0.3, 0.4) is 0 Å². The number of rotatable bonds is 7. The maximum atomic E-state index is 13.0. The Morgan fingerprint density at radius 1 is 1.12 bits per heavy atom. The SMILES string of the molecule is O=C1O[C@@H](CCCN(C(=O)OCCl)[C@@H]2Cn3c(=O)ccc4cccc2c43)CN1c1ccc2c(n1)N(C(=O)O)C(=O)CO2. The van der Waals surface area contributed by atoms with E-state index in [1.165, 1.54) is 28.0 Å². The third-order valence-corrected chi connectivity index (χ3v) is 7.56. The van der Waals surface area contributed by atoms with E-state index in [1.54, 1.807) is 10.6 Å². The Morgan fingerprint density at radius 2 is 1.95 bits per heavy atom. The molecule has 3 aromatic rings. The van der Waals surface area contributed by atoms with Crippen LogP contribution in [-0.2, 0) is 20.8 Å². The van der Waals surface area contributed by atoms with Gasteiger partial charge in [-0.05, 0) is 36.4 Å². The summed E-state index contributed by atoms with van der Waals surface area (Å²) in [4.78, 5) is 69.3. The van der Waals surface area contributed by atoms with E-state index in [0.29, 0.717) is 17.7 Å². The lowest BCUT2D eigenvalue weighted by Gasteiger charge is -2.28. The van der Waals surface area contributed by atoms with Crippen LogP contribution in [0.4, 0.5) is 26.0 Å². The largest absolute Gasteiger partial charge is 0.480 e. The number of fused-ring (bicyclic) bond motifs is 1. The number of amides is 4. The highest BCUT2D eigenvalue weighted by Gasteiger charge is 2.38. The van der Waals surface area contributed by atoms with E-state index in [0.717, 1.165) is 16.5 Å². The van der Waals surface area contributed by atoms with Crippen LogP contribution >= 0.6 is 11.6 Å². The van der Waals surface area contributed by atoms with Crippen LogP contribution in [0, 0.1) is 0 Å². The van der Waals surface area contributed by atoms with E-state index in [-0.39, 0.29) is 48.6 Å². The highest BCUT2D eigenvalue weighted by Crippen LogP contribution is 2.36. The Balaban J connectivity index is 1.15. The third-order valence-electron chi connectivity index (χ3n) is 7.45. The van der Waals surface area contributed by atoms with Gasteiger partial charge in [-0.3, -0.25) is 19.4 Å². The number of nitrogens with zero attached hydrogens (tertiary/aromatic N) is 5. The number of carbonyl (C=O) groups is 4. The zero-order valence-corrected chi connectivity index (χ0v) is 22.7. The zero-order valence-electron chi connectivity index (χ0n) is 22.0. The van der Waals surface area contributed by atoms with Gasteiger partial charge in [0.15, 0.2) is 24.2 Å². The van der Waals surface area contributed by atoms with E-state index in [1.807, 2.05) is 18.2 Å². The Labute approximate surface area is 242 Å². The minimum absolute atomic E-state index is 0.0976. The molecule has 1 saturated heterocycles. The number of alkyl halides is 1. The number of imide groups is 1. The predicted octanol–water partition coefficient (Wildman–Crippen LogP) is 3.30. The summed E-state index contributed by atoms with van der Waals surface area (Å²) in [7, 11) is 0. The van der Waals surface area contributed by atoms with Crippen molar-refractivity contribution < 1.29 is 38.5 Å². The van der Waals surface area contributed by atoms with E-state index >= 15 is 0 Å². The molecule has 6 rings (SSSR count). The van der Waals surface area contributed by atoms with Crippen molar-refractivity contribution in [3.8, 4) is 5.75 Å². The fourth-order valence-corrected chi connectivity index (χ4v) is 5.69. The number of pyridine rings is 2. The summed E-state index contributed by atoms with van der Waals surface area (Å²) in [6, 6.07) is 11.0. The molecule has 1 N–H and O–H groups in total. The first-order chi connectivity index (χ1) is 20.3. The topological polar surface area (TPSA) is 161 Å². The lowest BCUT2D eigenvalue weighted by Crippen LogP contribution is -2.43. The van der Waals surface area contributed by atoms with Crippen molar-refractivity contribution in [2.24, 2.45) is 0 Å². The molecule has 0 aliphatic carbocycles. The monoisotopic (exact) mass is 597 g/mol. The summed E-state index contributed by atoms with van der Waals surface area (Å²) in [6.07, 6.45) is -2.58. The fourth-order valence-electron chi connectivity index (χ4n) is 5.60. The van der Waals surface area contributed by atoms with Gasteiger partial charge in [-0.2, -0.15) is 4.90 Å². The average Bonchev–Trinajstić information content (AvgIpc) is 3.54. The molecule has 0 unspecified atom stereocenters. The van der Waals surface area contributed by atoms with Crippen LogP contribution in [-0.4, -0.2) is 75.6 Å². The van der Waals surface area contributed by atoms with Gasteiger partial charge in [0.1, 0.15) is 11.9 Å². The summed E-state index contributed by atoms with van der Waals surface area (Å²) in [6.45, 7) is 0.172.